The van der Waals surface area contributed by atoms with Crippen molar-refractivity contribution in [2.45, 2.75) is 60.4 Å². The minimum Gasteiger partial charge on any atom is -0.337 e. The van der Waals surface area contributed by atoms with E-state index in [0.717, 1.165) is 26.1 Å². The summed E-state index contributed by atoms with van der Waals surface area (Å²) in [5.41, 5.74) is -0.401. The van der Waals surface area contributed by atoms with Gasteiger partial charge < -0.3 is 10.2 Å². The first-order chi connectivity index (χ1) is 7.60. The van der Waals surface area contributed by atoms with Crippen LogP contribution in [0.15, 0.2) is 0 Å². The Morgan fingerprint density at radius 1 is 1.12 bits per heavy atom. The van der Waals surface area contributed by atoms with Crippen LogP contribution in [-0.2, 0) is 4.79 Å². The number of hydrogen-bond acceptors (Lipinski definition) is 2. The van der Waals surface area contributed by atoms with Crippen molar-refractivity contribution in [3.05, 3.63) is 0 Å². The number of nitrogens with zero attached hydrogens (tertiary/aromatic N) is 1. The molecule has 0 aromatic carbocycles. The van der Waals surface area contributed by atoms with Gasteiger partial charge in [0.05, 0.1) is 0 Å². The summed E-state index contributed by atoms with van der Waals surface area (Å²) in [5.74, 6) is 0.237. The zero-order chi connectivity index (χ0) is 13.7. The average molecular weight is 242 g/mol. The van der Waals surface area contributed by atoms with Gasteiger partial charge in [-0.2, -0.15) is 0 Å². The Balaban J connectivity index is 4.52. The molecule has 0 aromatic rings. The van der Waals surface area contributed by atoms with E-state index in [1.54, 1.807) is 0 Å². The van der Waals surface area contributed by atoms with Crippen LogP contribution in [0.1, 0.15) is 54.9 Å². The van der Waals surface area contributed by atoms with Crippen molar-refractivity contribution in [3.63, 3.8) is 0 Å². The first kappa shape index (κ1) is 16.4. The van der Waals surface area contributed by atoms with Gasteiger partial charge in [-0.25, -0.2) is 0 Å². The average Bonchev–Trinajstić information content (AvgIpc) is 2.13. The Morgan fingerprint density at radius 2 is 1.65 bits per heavy atom. The molecule has 0 spiro atoms. The summed E-state index contributed by atoms with van der Waals surface area (Å²) >= 11 is 0. The van der Waals surface area contributed by atoms with Crippen LogP contribution in [0.25, 0.3) is 0 Å². The predicted octanol–water partition coefficient (Wildman–Crippen LogP) is 2.66. The fourth-order valence-corrected chi connectivity index (χ4v) is 1.69. The number of rotatable bonds is 5. The second-order valence-corrected chi connectivity index (χ2v) is 6.58. The summed E-state index contributed by atoms with van der Waals surface area (Å²) in [5, 5.41) is 3.29. The molecule has 102 valence electrons. The molecule has 0 saturated heterocycles. The lowest BCUT2D eigenvalue weighted by Crippen LogP contribution is -2.50. The van der Waals surface area contributed by atoms with Crippen LogP contribution >= 0.6 is 0 Å². The van der Waals surface area contributed by atoms with Crippen molar-refractivity contribution >= 4 is 5.91 Å². The quantitative estimate of drug-likeness (QED) is 0.752. The normalized spacial score (nSPS) is 12.6. The van der Waals surface area contributed by atoms with Gasteiger partial charge in [0.15, 0.2) is 0 Å². The van der Waals surface area contributed by atoms with Crippen molar-refractivity contribution in [2.24, 2.45) is 5.41 Å². The summed E-state index contributed by atoms with van der Waals surface area (Å²) in [4.78, 5) is 14.4. The Kier molecular flexibility index (Phi) is 6.17. The van der Waals surface area contributed by atoms with Crippen molar-refractivity contribution in [3.8, 4) is 0 Å². The van der Waals surface area contributed by atoms with Crippen LogP contribution in [0.2, 0.25) is 0 Å². The highest BCUT2D eigenvalue weighted by molar-refractivity contribution is 5.82. The van der Waals surface area contributed by atoms with E-state index in [2.05, 4.69) is 33.0 Å². The number of carbonyl (C=O) groups excluding carboxylic acids is 1. The van der Waals surface area contributed by atoms with Crippen LogP contribution in [0, 0.1) is 5.41 Å². The monoisotopic (exact) mass is 242 g/mol. The lowest BCUT2D eigenvalue weighted by Gasteiger charge is -2.39. The molecule has 17 heavy (non-hydrogen) atoms. The van der Waals surface area contributed by atoms with Gasteiger partial charge in [-0.1, -0.05) is 27.7 Å². The Bertz CT molecular complexity index is 236. The van der Waals surface area contributed by atoms with E-state index in [4.69, 9.17) is 0 Å². The van der Waals surface area contributed by atoms with Crippen molar-refractivity contribution in [1.29, 1.82) is 0 Å². The first-order valence-corrected chi connectivity index (χ1v) is 6.63. The molecule has 0 radical (unpaired) electrons. The summed E-state index contributed by atoms with van der Waals surface area (Å²) < 4.78 is 0. The van der Waals surface area contributed by atoms with E-state index in [9.17, 15) is 4.79 Å². The van der Waals surface area contributed by atoms with Crippen LogP contribution in [0.3, 0.4) is 0 Å². The highest BCUT2D eigenvalue weighted by Gasteiger charge is 2.33. The second kappa shape index (κ2) is 6.39. The summed E-state index contributed by atoms with van der Waals surface area (Å²) in [6, 6.07) is 0. The number of amides is 1. The maximum Gasteiger partial charge on any atom is 0.228 e. The third-order valence-electron chi connectivity index (χ3n) is 2.68. The predicted molar refractivity (Wildman–Crippen MR) is 74.1 cm³/mol. The summed E-state index contributed by atoms with van der Waals surface area (Å²) in [6.07, 6.45) is 1.01. The molecule has 0 aromatic heterocycles. The van der Waals surface area contributed by atoms with Gasteiger partial charge in [0, 0.05) is 17.5 Å². The topological polar surface area (TPSA) is 32.3 Å². The van der Waals surface area contributed by atoms with E-state index in [1.807, 2.05) is 25.7 Å². The highest BCUT2D eigenvalue weighted by Crippen LogP contribution is 2.23. The molecule has 0 heterocycles. The molecule has 3 heteroatoms. The molecule has 0 aliphatic heterocycles. The fourth-order valence-electron chi connectivity index (χ4n) is 1.69. The minimum atomic E-state index is -0.300. The third-order valence-corrected chi connectivity index (χ3v) is 2.68. The zero-order valence-corrected chi connectivity index (χ0v) is 12.7. The minimum absolute atomic E-state index is 0.101. The Hall–Kier alpha value is -0.570. The standard InChI is InChI=1S/C14H30N2O/c1-8-15-10-9-11-16(14(5,6)7)12(17)13(2,3)4/h15H,8-11H2,1-7H3. The van der Waals surface area contributed by atoms with E-state index >= 15 is 0 Å². The van der Waals surface area contributed by atoms with Crippen molar-refractivity contribution in [1.82, 2.24) is 10.2 Å². The summed E-state index contributed by atoms with van der Waals surface area (Å²) in [7, 11) is 0. The molecule has 1 N–H and O–H groups in total. The number of carbonyl (C=O) groups is 1. The molecule has 0 rings (SSSR count). The summed E-state index contributed by atoms with van der Waals surface area (Å²) in [6.45, 7) is 17.1. The molecule has 3 nitrogen and oxygen atoms in total. The van der Waals surface area contributed by atoms with Gasteiger partial charge in [-0.05, 0) is 40.3 Å². The van der Waals surface area contributed by atoms with Crippen LogP contribution < -0.4 is 5.32 Å². The van der Waals surface area contributed by atoms with Gasteiger partial charge in [-0.15, -0.1) is 0 Å². The fraction of sp³-hybridized carbons (Fsp3) is 0.929. The largest absolute Gasteiger partial charge is 0.337 e. The van der Waals surface area contributed by atoms with E-state index in [1.165, 1.54) is 0 Å². The third kappa shape index (κ3) is 6.06. The number of nitrogens with one attached hydrogen (secondary N) is 1. The molecule has 0 aliphatic rings. The van der Waals surface area contributed by atoms with Gasteiger partial charge in [-0.3, -0.25) is 4.79 Å². The molecule has 0 saturated carbocycles. The molecular formula is C14H30N2O. The molecule has 0 fully saturated rings. The molecule has 0 aliphatic carbocycles. The van der Waals surface area contributed by atoms with Gasteiger partial charge in [0.2, 0.25) is 5.91 Å². The van der Waals surface area contributed by atoms with E-state index in [0.29, 0.717) is 0 Å². The SMILES string of the molecule is CCNCCCN(C(=O)C(C)(C)C)C(C)(C)C. The van der Waals surface area contributed by atoms with Gasteiger partial charge in [0.25, 0.3) is 0 Å². The smallest absolute Gasteiger partial charge is 0.228 e. The highest BCUT2D eigenvalue weighted by atomic mass is 16.2. The van der Waals surface area contributed by atoms with Crippen molar-refractivity contribution < 1.29 is 4.79 Å². The van der Waals surface area contributed by atoms with Gasteiger partial charge >= 0.3 is 0 Å². The van der Waals surface area contributed by atoms with E-state index in [-0.39, 0.29) is 16.9 Å². The molecule has 0 bridgehead atoms. The maximum absolute atomic E-state index is 12.4. The second-order valence-electron chi connectivity index (χ2n) is 6.58. The molecule has 1 amide bonds. The lowest BCUT2D eigenvalue weighted by molar-refractivity contribution is -0.144. The van der Waals surface area contributed by atoms with Crippen LogP contribution in [0.4, 0.5) is 0 Å². The Labute approximate surface area is 107 Å². The molecular weight excluding hydrogens is 212 g/mol. The van der Waals surface area contributed by atoms with Crippen molar-refractivity contribution in [2.75, 3.05) is 19.6 Å². The van der Waals surface area contributed by atoms with Gasteiger partial charge in [0.1, 0.15) is 0 Å². The Morgan fingerprint density at radius 3 is 2.00 bits per heavy atom. The molecule has 0 atom stereocenters. The van der Waals surface area contributed by atoms with Crippen LogP contribution in [-0.4, -0.2) is 36.0 Å². The van der Waals surface area contributed by atoms with Crippen LogP contribution in [0.5, 0.6) is 0 Å². The zero-order valence-electron chi connectivity index (χ0n) is 12.7. The number of hydrogen-bond donors (Lipinski definition) is 1. The maximum atomic E-state index is 12.4. The lowest BCUT2D eigenvalue weighted by atomic mass is 9.91. The first-order valence-electron chi connectivity index (χ1n) is 6.63. The van der Waals surface area contributed by atoms with E-state index < -0.39 is 0 Å². The molecule has 0 unspecified atom stereocenters.